The Kier molecular flexibility index (Phi) is 4.26. The van der Waals surface area contributed by atoms with Crippen LogP contribution in [0.3, 0.4) is 0 Å². The third kappa shape index (κ3) is 3.39. The lowest BCUT2D eigenvalue weighted by Crippen LogP contribution is -2.19. The van der Waals surface area contributed by atoms with E-state index < -0.39 is 0 Å². The molecule has 21 heavy (non-hydrogen) atoms. The standard InChI is InChI=1S/C15H22N6/c1-10-7-11(2)9-12(8-10)21(6)15-18-13(16-3)17-14(19-15)20(4)5/h7-9H,1-6H3,(H,16,17,18,19). The fourth-order valence-corrected chi connectivity index (χ4v) is 2.08. The Morgan fingerprint density at radius 1 is 0.857 bits per heavy atom. The van der Waals surface area contributed by atoms with Crippen LogP contribution < -0.4 is 15.1 Å². The van der Waals surface area contributed by atoms with Gasteiger partial charge in [0.15, 0.2) is 0 Å². The first-order valence-corrected chi connectivity index (χ1v) is 6.84. The van der Waals surface area contributed by atoms with Crippen molar-refractivity contribution >= 4 is 23.5 Å². The van der Waals surface area contributed by atoms with E-state index in [1.807, 2.05) is 30.9 Å². The van der Waals surface area contributed by atoms with Crippen LogP contribution in [-0.4, -0.2) is 43.1 Å². The average molecular weight is 286 g/mol. The predicted octanol–water partition coefficient (Wildman–Crippen LogP) is 2.36. The van der Waals surface area contributed by atoms with Gasteiger partial charge in [-0.2, -0.15) is 15.0 Å². The van der Waals surface area contributed by atoms with E-state index in [9.17, 15) is 0 Å². The molecule has 0 unspecified atom stereocenters. The Labute approximate surface area is 125 Å². The molecule has 0 aliphatic carbocycles. The summed E-state index contributed by atoms with van der Waals surface area (Å²) in [7, 11) is 7.59. The largest absolute Gasteiger partial charge is 0.357 e. The van der Waals surface area contributed by atoms with Crippen LogP contribution in [0.1, 0.15) is 11.1 Å². The van der Waals surface area contributed by atoms with Crippen LogP contribution in [0.25, 0.3) is 0 Å². The molecular weight excluding hydrogens is 264 g/mol. The number of aryl methyl sites for hydroxylation is 2. The topological polar surface area (TPSA) is 57.2 Å². The van der Waals surface area contributed by atoms with Crippen molar-refractivity contribution in [2.75, 3.05) is 43.3 Å². The molecule has 6 nitrogen and oxygen atoms in total. The molecule has 0 amide bonds. The van der Waals surface area contributed by atoms with E-state index >= 15 is 0 Å². The molecule has 0 bridgehead atoms. The minimum absolute atomic E-state index is 0.555. The quantitative estimate of drug-likeness (QED) is 0.931. The Balaban J connectivity index is 2.46. The minimum Gasteiger partial charge on any atom is -0.357 e. The zero-order valence-corrected chi connectivity index (χ0v) is 13.5. The van der Waals surface area contributed by atoms with Crippen molar-refractivity contribution in [2.24, 2.45) is 0 Å². The molecule has 2 rings (SSSR count). The molecule has 6 heteroatoms. The molecule has 0 saturated heterocycles. The van der Waals surface area contributed by atoms with E-state index in [0.717, 1.165) is 5.69 Å². The normalized spacial score (nSPS) is 10.4. The maximum atomic E-state index is 4.51. The van der Waals surface area contributed by atoms with Crippen molar-refractivity contribution in [3.8, 4) is 0 Å². The highest BCUT2D eigenvalue weighted by Crippen LogP contribution is 2.24. The predicted molar refractivity (Wildman–Crippen MR) is 87.7 cm³/mol. The Bertz CT molecular complexity index is 618. The van der Waals surface area contributed by atoms with Crippen LogP contribution in [0.4, 0.5) is 23.5 Å². The summed E-state index contributed by atoms with van der Waals surface area (Å²) >= 11 is 0. The van der Waals surface area contributed by atoms with Gasteiger partial charge in [-0.1, -0.05) is 6.07 Å². The van der Waals surface area contributed by atoms with Crippen molar-refractivity contribution in [3.05, 3.63) is 29.3 Å². The molecule has 1 aromatic carbocycles. The second kappa shape index (κ2) is 5.95. The van der Waals surface area contributed by atoms with Crippen molar-refractivity contribution < 1.29 is 0 Å². The smallest absolute Gasteiger partial charge is 0.236 e. The number of anilines is 4. The summed E-state index contributed by atoms with van der Waals surface area (Å²) in [5.41, 5.74) is 3.49. The van der Waals surface area contributed by atoms with E-state index in [4.69, 9.17) is 0 Å². The zero-order valence-electron chi connectivity index (χ0n) is 13.5. The van der Waals surface area contributed by atoms with E-state index in [-0.39, 0.29) is 0 Å². The molecule has 0 spiro atoms. The minimum atomic E-state index is 0.555. The molecule has 1 N–H and O–H groups in total. The number of rotatable bonds is 4. The number of hydrogen-bond donors (Lipinski definition) is 1. The van der Waals surface area contributed by atoms with Gasteiger partial charge in [0.25, 0.3) is 0 Å². The first-order chi connectivity index (χ1) is 9.90. The molecule has 2 aromatic rings. The highest BCUT2D eigenvalue weighted by molar-refractivity contribution is 5.60. The van der Waals surface area contributed by atoms with Crippen LogP contribution in [0.15, 0.2) is 18.2 Å². The second-order valence-electron chi connectivity index (χ2n) is 5.31. The van der Waals surface area contributed by atoms with Crippen LogP contribution in [0.5, 0.6) is 0 Å². The van der Waals surface area contributed by atoms with E-state index in [0.29, 0.717) is 17.8 Å². The summed E-state index contributed by atoms with van der Waals surface area (Å²) in [5.74, 6) is 1.79. The third-order valence-electron chi connectivity index (χ3n) is 3.13. The number of benzene rings is 1. The van der Waals surface area contributed by atoms with Crippen molar-refractivity contribution in [1.29, 1.82) is 0 Å². The van der Waals surface area contributed by atoms with Gasteiger partial charge in [-0.15, -0.1) is 0 Å². The van der Waals surface area contributed by atoms with Crippen molar-refractivity contribution in [3.63, 3.8) is 0 Å². The van der Waals surface area contributed by atoms with Crippen molar-refractivity contribution in [2.45, 2.75) is 13.8 Å². The number of hydrogen-bond acceptors (Lipinski definition) is 6. The molecule has 0 aliphatic rings. The lowest BCUT2D eigenvalue weighted by molar-refractivity contribution is 0.932. The van der Waals surface area contributed by atoms with Crippen LogP contribution in [-0.2, 0) is 0 Å². The van der Waals surface area contributed by atoms with Crippen LogP contribution in [0.2, 0.25) is 0 Å². The number of aromatic nitrogens is 3. The lowest BCUT2D eigenvalue weighted by atomic mass is 10.1. The monoisotopic (exact) mass is 286 g/mol. The fraction of sp³-hybridized carbons (Fsp3) is 0.400. The molecule has 112 valence electrons. The summed E-state index contributed by atoms with van der Waals surface area (Å²) in [6.45, 7) is 4.17. The number of nitrogens with one attached hydrogen (secondary N) is 1. The van der Waals surface area contributed by atoms with Crippen LogP contribution >= 0.6 is 0 Å². The zero-order chi connectivity index (χ0) is 15.6. The van der Waals surface area contributed by atoms with Gasteiger partial charge in [-0.05, 0) is 37.1 Å². The molecule has 0 radical (unpaired) electrons. The Morgan fingerprint density at radius 2 is 1.43 bits per heavy atom. The Hall–Kier alpha value is -2.37. The highest BCUT2D eigenvalue weighted by Gasteiger charge is 2.13. The van der Waals surface area contributed by atoms with E-state index in [1.54, 1.807) is 7.05 Å². The maximum Gasteiger partial charge on any atom is 0.236 e. The molecule has 1 aromatic heterocycles. The summed E-state index contributed by atoms with van der Waals surface area (Å²) in [6, 6.07) is 6.38. The third-order valence-corrected chi connectivity index (χ3v) is 3.13. The number of nitrogens with zero attached hydrogens (tertiary/aromatic N) is 5. The van der Waals surface area contributed by atoms with Gasteiger partial charge in [0.2, 0.25) is 17.8 Å². The van der Waals surface area contributed by atoms with Crippen molar-refractivity contribution in [1.82, 2.24) is 15.0 Å². The van der Waals surface area contributed by atoms with Gasteiger partial charge >= 0.3 is 0 Å². The van der Waals surface area contributed by atoms with Crippen LogP contribution in [0, 0.1) is 13.8 Å². The Morgan fingerprint density at radius 3 is 1.95 bits per heavy atom. The SMILES string of the molecule is CNc1nc(N(C)C)nc(N(C)c2cc(C)cc(C)c2)n1. The first-order valence-electron chi connectivity index (χ1n) is 6.84. The second-order valence-corrected chi connectivity index (χ2v) is 5.31. The van der Waals surface area contributed by atoms with Gasteiger partial charge in [0.1, 0.15) is 0 Å². The molecular formula is C15H22N6. The highest BCUT2D eigenvalue weighted by atomic mass is 15.3. The van der Waals surface area contributed by atoms with Gasteiger partial charge in [0.05, 0.1) is 0 Å². The molecule has 1 heterocycles. The molecule has 0 saturated carbocycles. The fourth-order valence-electron chi connectivity index (χ4n) is 2.08. The van der Waals surface area contributed by atoms with Gasteiger partial charge in [-0.3, -0.25) is 0 Å². The first kappa shape index (κ1) is 15.0. The van der Waals surface area contributed by atoms with E-state index in [1.165, 1.54) is 11.1 Å². The van der Waals surface area contributed by atoms with Gasteiger partial charge in [0, 0.05) is 33.9 Å². The molecule has 0 atom stereocenters. The molecule has 0 fully saturated rings. The summed E-state index contributed by atoms with van der Waals surface area (Å²) in [5, 5.41) is 2.98. The van der Waals surface area contributed by atoms with Gasteiger partial charge in [-0.25, -0.2) is 0 Å². The summed E-state index contributed by atoms with van der Waals surface area (Å²) < 4.78 is 0. The summed E-state index contributed by atoms with van der Waals surface area (Å²) in [6.07, 6.45) is 0. The lowest BCUT2D eigenvalue weighted by Gasteiger charge is -2.20. The molecule has 0 aliphatic heterocycles. The van der Waals surface area contributed by atoms with Gasteiger partial charge < -0.3 is 15.1 Å². The summed E-state index contributed by atoms with van der Waals surface area (Å²) in [4.78, 5) is 17.1. The average Bonchev–Trinajstić information content (AvgIpc) is 2.44. The van der Waals surface area contributed by atoms with E-state index in [2.05, 4.69) is 52.3 Å². The maximum absolute atomic E-state index is 4.51.